The summed E-state index contributed by atoms with van der Waals surface area (Å²) in [5.41, 5.74) is 0. The SMILES string of the molecule is CCCCCCCCCCCCC(CCCCCCCCC)C(CCC)CCCCC=CBr. The normalized spacial score (nSPS) is 13.7. The van der Waals surface area contributed by atoms with E-state index >= 15 is 0 Å². The number of allylic oxidation sites excluding steroid dienone is 1. The molecule has 0 saturated heterocycles. The number of rotatable bonds is 27. The summed E-state index contributed by atoms with van der Waals surface area (Å²) in [4.78, 5) is 2.03. The first-order valence-corrected chi connectivity index (χ1v) is 16.5. The summed E-state index contributed by atoms with van der Waals surface area (Å²) in [7, 11) is 0. The van der Waals surface area contributed by atoms with Gasteiger partial charge in [0.05, 0.1) is 0 Å². The fourth-order valence-corrected chi connectivity index (χ4v) is 5.86. The Bertz CT molecular complexity index is 375. The molecule has 198 valence electrons. The molecule has 0 aliphatic rings. The molecule has 0 amide bonds. The van der Waals surface area contributed by atoms with Gasteiger partial charge in [0.25, 0.3) is 0 Å². The molecule has 33 heavy (non-hydrogen) atoms. The van der Waals surface area contributed by atoms with Crippen LogP contribution in [-0.4, -0.2) is 0 Å². The standard InChI is InChI=1S/C32H63Br/c1-4-7-9-11-13-14-15-17-19-23-29-32(28-22-18-16-12-10-8-5-2)31(26-6-3)27-24-20-21-25-30-33/h25,30-32H,4-24,26-29H2,1-3H3. The maximum atomic E-state index is 3.42. The Morgan fingerprint density at radius 3 is 1.18 bits per heavy atom. The number of hydrogen-bond donors (Lipinski definition) is 0. The molecule has 0 aliphatic heterocycles. The zero-order valence-electron chi connectivity index (χ0n) is 23.4. The highest BCUT2D eigenvalue weighted by Crippen LogP contribution is 2.33. The summed E-state index contributed by atoms with van der Waals surface area (Å²) in [6.45, 7) is 7.04. The van der Waals surface area contributed by atoms with Crippen molar-refractivity contribution in [3.63, 3.8) is 0 Å². The Hall–Kier alpha value is 0.220. The minimum absolute atomic E-state index is 0.988. The molecular formula is C32H63Br. The molecule has 0 aromatic heterocycles. The van der Waals surface area contributed by atoms with E-state index in [1.54, 1.807) is 0 Å². The highest BCUT2D eigenvalue weighted by molar-refractivity contribution is 9.11. The van der Waals surface area contributed by atoms with E-state index in [9.17, 15) is 0 Å². The molecular weight excluding hydrogens is 464 g/mol. The van der Waals surface area contributed by atoms with E-state index in [1.165, 1.54) is 161 Å². The van der Waals surface area contributed by atoms with E-state index < -0.39 is 0 Å². The lowest BCUT2D eigenvalue weighted by atomic mass is 9.78. The molecule has 2 atom stereocenters. The van der Waals surface area contributed by atoms with Crippen LogP contribution in [0, 0.1) is 11.8 Å². The van der Waals surface area contributed by atoms with Crippen molar-refractivity contribution in [1.29, 1.82) is 0 Å². The largest absolute Gasteiger partial charge is 0.0776 e. The summed E-state index contributed by atoms with van der Waals surface area (Å²) in [6, 6.07) is 0. The Morgan fingerprint density at radius 1 is 0.424 bits per heavy atom. The predicted molar refractivity (Wildman–Crippen MR) is 157 cm³/mol. The Labute approximate surface area is 219 Å². The van der Waals surface area contributed by atoms with Gasteiger partial charge in [-0.05, 0) is 29.7 Å². The quantitative estimate of drug-likeness (QED) is 0.0932. The van der Waals surface area contributed by atoms with E-state index in [2.05, 4.69) is 42.8 Å². The number of hydrogen-bond acceptors (Lipinski definition) is 0. The van der Waals surface area contributed by atoms with Gasteiger partial charge in [-0.2, -0.15) is 0 Å². The van der Waals surface area contributed by atoms with Crippen molar-refractivity contribution in [3.8, 4) is 0 Å². The van der Waals surface area contributed by atoms with Crippen LogP contribution >= 0.6 is 15.9 Å². The maximum Gasteiger partial charge on any atom is -0.0229 e. The highest BCUT2D eigenvalue weighted by Gasteiger charge is 2.20. The fourth-order valence-electron chi connectivity index (χ4n) is 5.59. The van der Waals surface area contributed by atoms with Crippen LogP contribution in [0.15, 0.2) is 11.1 Å². The third kappa shape index (κ3) is 23.7. The molecule has 1 heteroatoms. The van der Waals surface area contributed by atoms with Gasteiger partial charge in [-0.1, -0.05) is 190 Å². The lowest BCUT2D eigenvalue weighted by Crippen LogP contribution is -2.15. The number of unbranched alkanes of at least 4 members (excludes halogenated alkanes) is 17. The van der Waals surface area contributed by atoms with Crippen LogP contribution in [0.1, 0.15) is 181 Å². The fraction of sp³-hybridized carbons (Fsp3) is 0.938. The second-order valence-electron chi connectivity index (χ2n) is 10.8. The van der Waals surface area contributed by atoms with Gasteiger partial charge in [-0.15, -0.1) is 0 Å². The minimum atomic E-state index is 0.988. The van der Waals surface area contributed by atoms with Gasteiger partial charge in [0.2, 0.25) is 0 Å². The average molecular weight is 528 g/mol. The summed E-state index contributed by atoms with van der Waals surface area (Å²) < 4.78 is 0. The molecule has 0 radical (unpaired) electrons. The van der Waals surface area contributed by atoms with Crippen molar-refractivity contribution < 1.29 is 0 Å². The van der Waals surface area contributed by atoms with Crippen molar-refractivity contribution in [2.75, 3.05) is 0 Å². The highest BCUT2D eigenvalue weighted by atomic mass is 79.9. The molecule has 0 N–H and O–H groups in total. The van der Waals surface area contributed by atoms with Crippen molar-refractivity contribution in [1.82, 2.24) is 0 Å². The Morgan fingerprint density at radius 2 is 0.788 bits per heavy atom. The Balaban J connectivity index is 4.29. The van der Waals surface area contributed by atoms with E-state index in [0.717, 1.165) is 11.8 Å². The van der Waals surface area contributed by atoms with Gasteiger partial charge in [-0.3, -0.25) is 0 Å². The van der Waals surface area contributed by atoms with Crippen LogP contribution in [0.4, 0.5) is 0 Å². The maximum absolute atomic E-state index is 3.42. The van der Waals surface area contributed by atoms with Crippen molar-refractivity contribution >= 4 is 15.9 Å². The zero-order valence-corrected chi connectivity index (χ0v) is 25.0. The first-order chi connectivity index (χ1) is 16.3. The molecule has 0 aromatic carbocycles. The van der Waals surface area contributed by atoms with Crippen molar-refractivity contribution in [2.45, 2.75) is 181 Å². The predicted octanol–water partition coefficient (Wildman–Crippen LogP) is 12.9. The molecule has 0 heterocycles. The van der Waals surface area contributed by atoms with Gasteiger partial charge < -0.3 is 0 Å². The summed E-state index contributed by atoms with van der Waals surface area (Å²) in [5.74, 6) is 1.99. The lowest BCUT2D eigenvalue weighted by molar-refractivity contribution is 0.241. The van der Waals surface area contributed by atoms with Crippen molar-refractivity contribution in [3.05, 3.63) is 11.1 Å². The van der Waals surface area contributed by atoms with Crippen LogP contribution in [0.3, 0.4) is 0 Å². The van der Waals surface area contributed by atoms with Crippen LogP contribution < -0.4 is 0 Å². The van der Waals surface area contributed by atoms with Gasteiger partial charge in [0.15, 0.2) is 0 Å². The molecule has 0 fully saturated rings. The molecule has 0 nitrogen and oxygen atoms in total. The summed E-state index contributed by atoms with van der Waals surface area (Å²) in [6.07, 6.45) is 38.4. The first-order valence-electron chi connectivity index (χ1n) is 15.5. The van der Waals surface area contributed by atoms with E-state index in [-0.39, 0.29) is 0 Å². The van der Waals surface area contributed by atoms with Gasteiger partial charge in [0.1, 0.15) is 0 Å². The average Bonchev–Trinajstić information content (AvgIpc) is 2.82. The van der Waals surface area contributed by atoms with Crippen LogP contribution in [0.5, 0.6) is 0 Å². The smallest absolute Gasteiger partial charge is 0.0229 e. The molecule has 0 rings (SSSR count). The van der Waals surface area contributed by atoms with Crippen molar-refractivity contribution in [2.24, 2.45) is 11.8 Å². The van der Waals surface area contributed by atoms with E-state index in [1.807, 2.05) is 4.99 Å². The van der Waals surface area contributed by atoms with Gasteiger partial charge >= 0.3 is 0 Å². The van der Waals surface area contributed by atoms with Crippen LogP contribution in [-0.2, 0) is 0 Å². The second kappa shape index (κ2) is 28.5. The topological polar surface area (TPSA) is 0 Å². The molecule has 0 aliphatic carbocycles. The molecule has 0 bridgehead atoms. The van der Waals surface area contributed by atoms with Gasteiger partial charge in [-0.25, -0.2) is 0 Å². The Kier molecular flexibility index (Phi) is 28.6. The first kappa shape index (κ1) is 33.2. The molecule has 2 unspecified atom stereocenters. The molecule has 0 spiro atoms. The second-order valence-corrected chi connectivity index (χ2v) is 11.4. The summed E-state index contributed by atoms with van der Waals surface area (Å²) in [5, 5.41) is 0. The lowest BCUT2D eigenvalue weighted by Gasteiger charge is -2.27. The van der Waals surface area contributed by atoms with Crippen LogP contribution in [0.2, 0.25) is 0 Å². The number of halogens is 1. The van der Waals surface area contributed by atoms with Crippen LogP contribution in [0.25, 0.3) is 0 Å². The summed E-state index contributed by atoms with van der Waals surface area (Å²) >= 11 is 3.42. The monoisotopic (exact) mass is 526 g/mol. The third-order valence-electron chi connectivity index (χ3n) is 7.72. The van der Waals surface area contributed by atoms with E-state index in [4.69, 9.17) is 0 Å². The molecule has 0 saturated carbocycles. The third-order valence-corrected chi connectivity index (χ3v) is 8.09. The minimum Gasteiger partial charge on any atom is -0.0776 e. The van der Waals surface area contributed by atoms with Gasteiger partial charge in [0, 0.05) is 0 Å². The zero-order chi connectivity index (χ0) is 24.2. The van der Waals surface area contributed by atoms with E-state index in [0.29, 0.717) is 0 Å². The molecule has 0 aromatic rings.